The van der Waals surface area contributed by atoms with E-state index in [0.717, 1.165) is 22.6 Å². The molecule has 54 heavy (non-hydrogen) atoms. The summed E-state index contributed by atoms with van der Waals surface area (Å²) in [7, 11) is 0. The predicted octanol–water partition coefficient (Wildman–Crippen LogP) is 9.85. The average molecular weight is 725 g/mol. The second-order valence-electron chi connectivity index (χ2n) is 11.4. The molecule has 0 saturated heterocycles. The van der Waals surface area contributed by atoms with Gasteiger partial charge in [-0.2, -0.15) is 4.99 Å². The Labute approximate surface area is 311 Å². The largest absolute Gasteiger partial charge is 0.478 e. The van der Waals surface area contributed by atoms with Crippen molar-refractivity contribution >= 4 is 46.8 Å². The lowest BCUT2D eigenvalue weighted by Crippen LogP contribution is -2.21. The lowest BCUT2D eigenvalue weighted by molar-refractivity contribution is 0.0687. The summed E-state index contributed by atoms with van der Waals surface area (Å²) in [5, 5.41) is 23.0. The number of hydrogen-bond donors (Lipinski definition) is 5. The number of ether oxygens (including phenoxy) is 2. The standard InChI is InChI=1S/C21H18N2O4.C13H9NO2.C8H9NO2/c1-14-7-12-18(20(24)25)19(13-14)23-21(26)22-15-8-10-17(11-9-15)27-16-5-3-2-4-6-16;15-10-14-11-6-8-13(9-7-11)16-12-4-2-1-3-5-12;1-5-2-3-6(8(10)11)7(9)4-5/h2-13H,1H3,(H,24,25)(H2,22,23,26);1-9H;2-4H,9H2,1H3,(H,10,11). The van der Waals surface area contributed by atoms with Crippen molar-refractivity contribution in [1.29, 1.82) is 0 Å². The van der Waals surface area contributed by atoms with Gasteiger partial charge in [0.15, 0.2) is 0 Å². The van der Waals surface area contributed by atoms with Crippen molar-refractivity contribution in [2.24, 2.45) is 4.99 Å². The first-order valence-electron chi connectivity index (χ1n) is 16.3. The lowest BCUT2D eigenvalue weighted by atomic mass is 10.1. The summed E-state index contributed by atoms with van der Waals surface area (Å²) in [6, 6.07) is 41.7. The Kier molecular flexibility index (Phi) is 14.2. The molecule has 0 heterocycles. The minimum absolute atomic E-state index is 0.0300. The molecule has 0 bridgehead atoms. The molecule has 0 aliphatic carbocycles. The second kappa shape index (κ2) is 19.6. The van der Waals surface area contributed by atoms with Crippen LogP contribution in [-0.2, 0) is 4.79 Å². The fourth-order valence-corrected chi connectivity index (χ4v) is 4.61. The van der Waals surface area contributed by atoms with Crippen LogP contribution in [0.1, 0.15) is 31.8 Å². The zero-order valence-corrected chi connectivity index (χ0v) is 29.2. The molecule has 0 atom stereocenters. The van der Waals surface area contributed by atoms with Crippen molar-refractivity contribution < 1.29 is 38.9 Å². The maximum absolute atomic E-state index is 12.2. The highest BCUT2D eigenvalue weighted by Crippen LogP contribution is 2.25. The van der Waals surface area contributed by atoms with Gasteiger partial charge in [0.05, 0.1) is 22.5 Å². The van der Waals surface area contributed by atoms with Gasteiger partial charge >= 0.3 is 18.0 Å². The second-order valence-corrected chi connectivity index (χ2v) is 11.4. The number of aliphatic imine (C=N–C) groups is 1. The SMILES string of the molecule is Cc1ccc(C(=O)O)c(N)c1.Cc1ccc(C(=O)O)c(NC(=O)Nc2ccc(Oc3ccccc3)cc2)c1.O=C=Nc1ccc(Oc2ccccc2)cc1. The third-order valence-electron chi connectivity index (χ3n) is 7.17. The molecular formula is C42H36N4O8. The third-order valence-corrected chi connectivity index (χ3v) is 7.17. The minimum Gasteiger partial charge on any atom is -0.478 e. The third kappa shape index (κ3) is 12.6. The zero-order valence-electron chi connectivity index (χ0n) is 29.2. The van der Waals surface area contributed by atoms with Crippen LogP contribution >= 0.6 is 0 Å². The highest BCUT2D eigenvalue weighted by atomic mass is 16.5. The van der Waals surface area contributed by atoms with Gasteiger partial charge in [0.1, 0.15) is 23.0 Å². The number of para-hydroxylation sites is 2. The van der Waals surface area contributed by atoms with Gasteiger partial charge in [-0.15, -0.1) is 0 Å². The number of amides is 2. The number of isocyanates is 1. The van der Waals surface area contributed by atoms with Gasteiger partial charge in [-0.25, -0.2) is 19.2 Å². The Morgan fingerprint density at radius 1 is 0.593 bits per heavy atom. The Morgan fingerprint density at radius 2 is 1.06 bits per heavy atom. The zero-order chi connectivity index (χ0) is 38.9. The molecule has 0 fully saturated rings. The lowest BCUT2D eigenvalue weighted by Gasteiger charge is -2.11. The Balaban J connectivity index is 0.000000203. The van der Waals surface area contributed by atoms with E-state index in [4.69, 9.17) is 20.3 Å². The summed E-state index contributed by atoms with van der Waals surface area (Å²) in [5.74, 6) is 0.746. The van der Waals surface area contributed by atoms with Crippen molar-refractivity contribution in [3.63, 3.8) is 0 Å². The highest BCUT2D eigenvalue weighted by Gasteiger charge is 2.13. The van der Waals surface area contributed by atoms with Crippen LogP contribution in [0.2, 0.25) is 0 Å². The number of nitrogen functional groups attached to an aromatic ring is 1. The first-order valence-corrected chi connectivity index (χ1v) is 16.3. The number of rotatable bonds is 9. The fourth-order valence-electron chi connectivity index (χ4n) is 4.61. The van der Waals surface area contributed by atoms with Crippen molar-refractivity contribution in [2.45, 2.75) is 13.8 Å². The maximum Gasteiger partial charge on any atom is 0.337 e. The van der Waals surface area contributed by atoms with Crippen molar-refractivity contribution in [3.8, 4) is 23.0 Å². The first kappa shape index (κ1) is 39.1. The van der Waals surface area contributed by atoms with E-state index in [-0.39, 0.29) is 16.8 Å². The molecular weight excluding hydrogens is 688 g/mol. The van der Waals surface area contributed by atoms with Crippen LogP contribution in [-0.4, -0.2) is 34.3 Å². The summed E-state index contributed by atoms with van der Waals surface area (Å²) in [5.41, 5.74) is 9.12. The van der Waals surface area contributed by atoms with Crippen LogP contribution in [0, 0.1) is 13.8 Å². The van der Waals surface area contributed by atoms with Crippen LogP contribution in [0.25, 0.3) is 0 Å². The summed E-state index contributed by atoms with van der Waals surface area (Å²) >= 11 is 0. The van der Waals surface area contributed by atoms with Crippen LogP contribution in [0.4, 0.5) is 27.5 Å². The van der Waals surface area contributed by atoms with Crippen LogP contribution in [0.3, 0.4) is 0 Å². The molecule has 0 unspecified atom stereocenters. The molecule has 12 heteroatoms. The van der Waals surface area contributed by atoms with Gasteiger partial charge in [0.25, 0.3) is 0 Å². The molecule has 0 radical (unpaired) electrons. The van der Waals surface area contributed by atoms with Gasteiger partial charge < -0.3 is 36.1 Å². The summed E-state index contributed by atoms with van der Waals surface area (Å²) in [6.45, 7) is 3.68. The number of carbonyl (C=O) groups excluding carboxylic acids is 2. The van der Waals surface area contributed by atoms with E-state index in [1.54, 1.807) is 72.8 Å². The first-order chi connectivity index (χ1) is 26.0. The smallest absolute Gasteiger partial charge is 0.337 e. The molecule has 0 aromatic heterocycles. The topological polar surface area (TPSA) is 190 Å². The number of nitrogens with one attached hydrogen (secondary N) is 2. The average Bonchev–Trinajstić information content (AvgIpc) is 3.14. The van der Waals surface area contributed by atoms with Gasteiger partial charge in [0.2, 0.25) is 6.08 Å². The Hall–Kier alpha value is -7.69. The van der Waals surface area contributed by atoms with Crippen LogP contribution in [0.5, 0.6) is 23.0 Å². The van der Waals surface area contributed by atoms with E-state index >= 15 is 0 Å². The van der Waals surface area contributed by atoms with E-state index in [1.807, 2.05) is 74.5 Å². The number of carbonyl (C=O) groups is 3. The highest BCUT2D eigenvalue weighted by molar-refractivity contribution is 6.04. The molecule has 272 valence electrons. The van der Waals surface area contributed by atoms with Gasteiger partial charge in [-0.3, -0.25) is 0 Å². The molecule has 0 aliphatic heterocycles. The van der Waals surface area contributed by atoms with Gasteiger partial charge in [0, 0.05) is 11.4 Å². The Bertz CT molecular complexity index is 2220. The molecule has 2 amide bonds. The number of nitrogens with two attached hydrogens (primary N) is 1. The van der Waals surface area contributed by atoms with E-state index in [2.05, 4.69) is 15.6 Å². The number of aryl methyl sites for hydroxylation is 2. The molecule has 0 aliphatic rings. The number of aromatic carboxylic acids is 2. The maximum atomic E-state index is 12.2. The van der Waals surface area contributed by atoms with Gasteiger partial charge in [-0.05, 0) is 122 Å². The van der Waals surface area contributed by atoms with E-state index in [0.29, 0.717) is 28.6 Å². The Morgan fingerprint density at radius 3 is 1.54 bits per heavy atom. The number of benzene rings is 6. The van der Waals surface area contributed by atoms with Crippen molar-refractivity contribution in [1.82, 2.24) is 0 Å². The normalized spacial score (nSPS) is 9.74. The molecule has 6 rings (SSSR count). The molecule has 12 nitrogen and oxygen atoms in total. The number of hydrogen-bond acceptors (Lipinski definition) is 8. The van der Waals surface area contributed by atoms with Crippen molar-refractivity contribution in [2.75, 3.05) is 16.4 Å². The number of urea groups is 1. The van der Waals surface area contributed by atoms with Crippen LogP contribution < -0.4 is 25.8 Å². The quantitative estimate of drug-likeness (QED) is 0.0549. The van der Waals surface area contributed by atoms with Crippen molar-refractivity contribution in [3.05, 3.63) is 168 Å². The summed E-state index contributed by atoms with van der Waals surface area (Å²) in [4.78, 5) is 47.4. The van der Waals surface area contributed by atoms with E-state index in [9.17, 15) is 24.3 Å². The molecule has 6 aromatic carbocycles. The van der Waals surface area contributed by atoms with E-state index < -0.39 is 18.0 Å². The summed E-state index contributed by atoms with van der Waals surface area (Å²) in [6.07, 6.45) is 1.49. The van der Waals surface area contributed by atoms with E-state index in [1.165, 1.54) is 18.2 Å². The molecule has 0 saturated carbocycles. The molecule has 6 N–H and O–H groups in total. The number of anilines is 3. The molecule has 0 spiro atoms. The molecule has 6 aromatic rings. The number of nitrogens with zero attached hydrogens (tertiary/aromatic N) is 1. The van der Waals surface area contributed by atoms with Gasteiger partial charge in [-0.1, -0.05) is 48.5 Å². The monoisotopic (exact) mass is 724 g/mol. The fraction of sp³-hybridized carbons (Fsp3) is 0.0476. The number of carboxylic acids is 2. The minimum atomic E-state index is -1.10. The van der Waals surface area contributed by atoms with Crippen LogP contribution in [0.15, 0.2) is 151 Å². The number of carboxylic acid groups (broad SMARTS) is 2. The summed E-state index contributed by atoms with van der Waals surface area (Å²) < 4.78 is 11.3. The predicted molar refractivity (Wildman–Crippen MR) is 207 cm³/mol.